The number of benzene rings is 1. The maximum atomic E-state index is 11.9. The Morgan fingerprint density at radius 1 is 1.52 bits per heavy atom. The van der Waals surface area contributed by atoms with Gasteiger partial charge in [-0.15, -0.1) is 4.89 Å². The molecule has 1 aromatic carbocycles. The third-order valence-electron chi connectivity index (χ3n) is 2.98. The molecule has 21 heavy (non-hydrogen) atoms. The Kier molecular flexibility index (Phi) is 4.25. The quantitative estimate of drug-likeness (QED) is 0.487. The largest absolute Gasteiger partial charge is 0.508 e. The second-order valence-corrected chi connectivity index (χ2v) is 4.36. The van der Waals surface area contributed by atoms with Crippen molar-refractivity contribution in [1.29, 1.82) is 0 Å². The Morgan fingerprint density at radius 3 is 2.62 bits per heavy atom. The molecule has 1 heterocycles. The van der Waals surface area contributed by atoms with Crippen molar-refractivity contribution in [3.8, 4) is 5.75 Å². The molecule has 1 aliphatic heterocycles. The van der Waals surface area contributed by atoms with Crippen molar-refractivity contribution in [3.63, 3.8) is 0 Å². The molecule has 2 rings (SSSR count). The van der Waals surface area contributed by atoms with E-state index in [-0.39, 0.29) is 18.0 Å². The number of hydroxylamine groups is 2. The molecule has 0 saturated carbocycles. The Bertz CT molecular complexity index is 569. The van der Waals surface area contributed by atoms with Gasteiger partial charge in [0.1, 0.15) is 11.6 Å². The number of phenolic OH excluding ortho intramolecular Hbond substituents is 1. The van der Waals surface area contributed by atoms with E-state index in [1.807, 2.05) is 0 Å². The number of hydrogen-bond donors (Lipinski definition) is 1. The molecule has 1 N–H and O–H groups in total. The molecule has 0 spiro atoms. The normalized spacial score (nSPS) is 21.0. The Morgan fingerprint density at radius 2 is 2.19 bits per heavy atom. The highest BCUT2D eigenvalue weighted by molar-refractivity contribution is 5.82. The van der Waals surface area contributed by atoms with E-state index in [0.717, 1.165) is 10.6 Å². The number of hydrogen-bond acceptors (Lipinski definition) is 7. The van der Waals surface area contributed by atoms with Crippen LogP contribution in [0.4, 0.5) is 0 Å². The van der Waals surface area contributed by atoms with Gasteiger partial charge in [-0.05, 0) is 24.6 Å². The molecule has 0 aromatic heterocycles. The molecule has 0 aliphatic carbocycles. The van der Waals surface area contributed by atoms with Crippen LogP contribution in [0.2, 0.25) is 0 Å². The van der Waals surface area contributed by atoms with E-state index in [1.165, 1.54) is 25.5 Å². The lowest BCUT2D eigenvalue weighted by molar-refractivity contribution is -0.464. The molecule has 1 atom stereocenters. The Balaban J connectivity index is 2.29. The van der Waals surface area contributed by atoms with E-state index in [4.69, 9.17) is 9.73 Å². The summed E-state index contributed by atoms with van der Waals surface area (Å²) in [5, 5.41) is 10.5. The monoisotopic (exact) mass is 292 g/mol. The summed E-state index contributed by atoms with van der Waals surface area (Å²) in [6.07, 6.45) is 1.67. The van der Waals surface area contributed by atoms with Gasteiger partial charge in [0, 0.05) is 12.6 Å². The van der Waals surface area contributed by atoms with Gasteiger partial charge >= 0.3 is 11.7 Å². The van der Waals surface area contributed by atoms with E-state index in [2.05, 4.69) is 16.5 Å². The van der Waals surface area contributed by atoms with Gasteiger partial charge < -0.3 is 5.11 Å². The summed E-state index contributed by atoms with van der Waals surface area (Å²) >= 11 is 0. The lowest BCUT2D eigenvalue weighted by atomic mass is 10.0. The van der Waals surface area contributed by atoms with Crippen LogP contribution in [0.25, 0.3) is 0 Å². The van der Waals surface area contributed by atoms with Crippen LogP contribution < -0.4 is 0 Å². The molecule has 112 valence electrons. The van der Waals surface area contributed by atoms with Crippen molar-refractivity contribution in [2.45, 2.75) is 19.1 Å². The average Bonchev–Trinajstić information content (AvgIpc) is 2.47. The minimum Gasteiger partial charge on any atom is -0.508 e. The molecule has 0 radical (unpaired) electrons. The molecule has 1 aliphatic rings. The number of nitrogens with zero attached hydrogens (tertiary/aromatic N) is 2. The third kappa shape index (κ3) is 2.74. The zero-order chi connectivity index (χ0) is 15.5. The van der Waals surface area contributed by atoms with Crippen LogP contribution in [-0.4, -0.2) is 35.2 Å². The van der Waals surface area contributed by atoms with Gasteiger partial charge in [-0.1, -0.05) is 18.7 Å². The summed E-state index contributed by atoms with van der Waals surface area (Å²) in [6.45, 7) is 5.44. The van der Waals surface area contributed by atoms with Crippen LogP contribution in [-0.2, 0) is 25.8 Å². The first-order chi connectivity index (χ1) is 10.0. The van der Waals surface area contributed by atoms with Gasteiger partial charge in [-0.2, -0.15) is 5.06 Å². The van der Waals surface area contributed by atoms with E-state index >= 15 is 0 Å². The van der Waals surface area contributed by atoms with Crippen LogP contribution in [0, 0.1) is 0 Å². The van der Waals surface area contributed by atoms with Crippen molar-refractivity contribution in [3.05, 3.63) is 42.2 Å². The van der Waals surface area contributed by atoms with Crippen molar-refractivity contribution in [2.75, 3.05) is 7.11 Å². The number of aromatic hydroxyl groups is 1. The molecule has 1 fully saturated rings. The highest BCUT2D eigenvalue weighted by Gasteiger charge is 2.59. The summed E-state index contributed by atoms with van der Waals surface area (Å²) in [6, 6.07) is 6.38. The van der Waals surface area contributed by atoms with Gasteiger partial charge in [-0.25, -0.2) is 9.79 Å². The molecule has 1 unspecified atom stereocenters. The predicted molar refractivity (Wildman–Crippen MR) is 73.9 cm³/mol. The molecule has 0 amide bonds. The zero-order valence-corrected chi connectivity index (χ0v) is 11.8. The minimum absolute atomic E-state index is 0.133. The fraction of sp³-hybridized carbons (Fsp3) is 0.286. The van der Waals surface area contributed by atoms with Crippen molar-refractivity contribution in [1.82, 2.24) is 5.06 Å². The highest BCUT2D eigenvalue weighted by Crippen LogP contribution is 2.35. The van der Waals surface area contributed by atoms with Crippen LogP contribution in [0.1, 0.15) is 12.5 Å². The predicted octanol–water partition coefficient (Wildman–Crippen LogP) is 1.54. The summed E-state index contributed by atoms with van der Waals surface area (Å²) in [7, 11) is 1.38. The number of carbonyl (C=O) groups excluding carboxylic acids is 1. The maximum absolute atomic E-state index is 11.9. The summed E-state index contributed by atoms with van der Waals surface area (Å²) in [5.74, 6) is -0.270. The topological polar surface area (TPSA) is 80.6 Å². The summed E-state index contributed by atoms with van der Waals surface area (Å²) < 4.78 is 0. The second-order valence-electron chi connectivity index (χ2n) is 4.36. The Hall–Kier alpha value is -2.38. The first-order valence-electron chi connectivity index (χ1n) is 6.23. The van der Waals surface area contributed by atoms with Crippen LogP contribution in [0.15, 0.2) is 41.7 Å². The first-order valence-corrected chi connectivity index (χ1v) is 6.23. The average molecular weight is 292 g/mol. The zero-order valence-electron chi connectivity index (χ0n) is 11.8. The van der Waals surface area contributed by atoms with E-state index in [0.29, 0.717) is 0 Å². The SMILES string of the molecule is C=C(/N=C\C)N(OC)C1(Cc2ccc(O)cc2)OOC1=O. The van der Waals surface area contributed by atoms with Crippen LogP contribution in [0.5, 0.6) is 5.75 Å². The standard InChI is InChI=1S/C14H16N2O5/c1-4-15-10(2)16(19-3)14(13(18)20-21-14)9-11-5-7-12(17)8-6-11/h4-8,17H,2,9H2,1,3H3/b15-4-. The molecule has 7 heteroatoms. The number of phenols is 1. The lowest BCUT2D eigenvalue weighted by Gasteiger charge is -2.43. The molecule has 7 nitrogen and oxygen atoms in total. The smallest absolute Gasteiger partial charge is 0.401 e. The highest BCUT2D eigenvalue weighted by atomic mass is 17.3. The van der Waals surface area contributed by atoms with Gasteiger partial charge in [-0.3, -0.25) is 9.73 Å². The fourth-order valence-corrected chi connectivity index (χ4v) is 2.02. The fourth-order valence-electron chi connectivity index (χ4n) is 2.02. The molecule has 1 saturated heterocycles. The summed E-state index contributed by atoms with van der Waals surface area (Å²) in [5.41, 5.74) is -0.727. The molecular formula is C14H16N2O5. The third-order valence-corrected chi connectivity index (χ3v) is 2.98. The molecular weight excluding hydrogens is 276 g/mol. The molecule has 1 aromatic rings. The van der Waals surface area contributed by atoms with Gasteiger partial charge in [0.2, 0.25) is 0 Å². The maximum Gasteiger partial charge on any atom is 0.401 e. The van der Waals surface area contributed by atoms with E-state index in [9.17, 15) is 9.90 Å². The van der Waals surface area contributed by atoms with E-state index in [1.54, 1.807) is 19.1 Å². The Labute approximate surface area is 121 Å². The number of aliphatic imine (C=N–C) groups is 1. The van der Waals surface area contributed by atoms with Gasteiger partial charge in [0.15, 0.2) is 0 Å². The van der Waals surface area contributed by atoms with Gasteiger partial charge in [0.25, 0.3) is 0 Å². The minimum atomic E-state index is -1.48. The van der Waals surface area contributed by atoms with Crippen LogP contribution >= 0.6 is 0 Å². The van der Waals surface area contributed by atoms with Gasteiger partial charge in [0.05, 0.1) is 7.11 Å². The van der Waals surface area contributed by atoms with E-state index < -0.39 is 11.7 Å². The van der Waals surface area contributed by atoms with Crippen molar-refractivity contribution < 1.29 is 24.5 Å². The molecule has 0 bridgehead atoms. The lowest BCUT2D eigenvalue weighted by Crippen LogP contribution is -2.64. The van der Waals surface area contributed by atoms with Crippen molar-refractivity contribution >= 4 is 12.2 Å². The summed E-state index contributed by atoms with van der Waals surface area (Å²) in [4.78, 5) is 30.6. The number of rotatable bonds is 6. The van der Waals surface area contributed by atoms with Crippen molar-refractivity contribution in [2.24, 2.45) is 4.99 Å². The first kappa shape index (κ1) is 15.0. The number of carbonyl (C=O) groups is 1. The van der Waals surface area contributed by atoms with Crippen LogP contribution in [0.3, 0.4) is 0 Å². The second kappa shape index (κ2) is 5.94.